The number of nitrogens with zero attached hydrogens (tertiary/aromatic N) is 3. The second-order valence-corrected chi connectivity index (χ2v) is 6.75. The molecule has 0 radical (unpaired) electrons. The topological polar surface area (TPSA) is 70.7 Å². The normalized spacial score (nSPS) is 11.2. The fourth-order valence-corrected chi connectivity index (χ4v) is 3.24. The number of amides is 1. The van der Waals surface area contributed by atoms with E-state index in [1.165, 1.54) is 6.07 Å². The molecule has 1 N–H and O–H groups in total. The number of hydrogen-bond donors (Lipinski definition) is 1. The molecule has 1 amide bonds. The Labute approximate surface area is 173 Å². The molecular formula is C19H11Cl2F3N4O. The predicted molar refractivity (Wildman–Crippen MR) is 102 cm³/mol. The van der Waals surface area contributed by atoms with Crippen LogP contribution in [-0.2, 0) is 17.4 Å². The van der Waals surface area contributed by atoms with Crippen molar-refractivity contribution in [2.24, 2.45) is 0 Å². The molecule has 3 aromatic rings. The SMILES string of the molecule is N#Cc1cc(NC(=O)Cc2ccccc2)n(-c2c(Cl)cc(C(F)(F)F)cc2Cl)n1. The molecule has 0 aliphatic rings. The summed E-state index contributed by atoms with van der Waals surface area (Å²) in [6.45, 7) is 0. The number of carbonyl (C=O) groups is 1. The number of rotatable bonds is 4. The summed E-state index contributed by atoms with van der Waals surface area (Å²) < 4.78 is 39.9. The van der Waals surface area contributed by atoms with Crippen LogP contribution in [0.4, 0.5) is 19.0 Å². The molecule has 5 nitrogen and oxygen atoms in total. The first-order chi connectivity index (χ1) is 13.7. The summed E-state index contributed by atoms with van der Waals surface area (Å²) in [5, 5.41) is 15.0. The fourth-order valence-electron chi connectivity index (χ4n) is 2.60. The molecule has 1 heterocycles. The minimum Gasteiger partial charge on any atom is -0.310 e. The molecular weight excluding hydrogens is 428 g/mol. The first kappa shape index (κ1) is 20.7. The third kappa shape index (κ3) is 4.70. The van der Waals surface area contributed by atoms with Gasteiger partial charge in [0.05, 0.1) is 22.0 Å². The van der Waals surface area contributed by atoms with E-state index in [1.807, 2.05) is 6.07 Å². The molecule has 3 rings (SSSR count). The van der Waals surface area contributed by atoms with Gasteiger partial charge in [-0.25, -0.2) is 4.68 Å². The molecule has 29 heavy (non-hydrogen) atoms. The third-order valence-corrected chi connectivity index (χ3v) is 4.43. The molecule has 10 heteroatoms. The summed E-state index contributed by atoms with van der Waals surface area (Å²) >= 11 is 12.1. The van der Waals surface area contributed by atoms with E-state index in [-0.39, 0.29) is 33.7 Å². The number of carbonyl (C=O) groups excluding carboxylic acids is 1. The molecule has 148 valence electrons. The highest BCUT2D eigenvalue weighted by atomic mass is 35.5. The zero-order chi connectivity index (χ0) is 21.2. The maximum atomic E-state index is 13.0. The number of anilines is 1. The number of halogens is 5. The van der Waals surface area contributed by atoms with Crippen molar-refractivity contribution in [3.05, 3.63) is 75.4 Å². The van der Waals surface area contributed by atoms with E-state index in [0.29, 0.717) is 12.1 Å². The van der Waals surface area contributed by atoms with Crippen LogP contribution in [0.15, 0.2) is 48.5 Å². The molecule has 0 fully saturated rings. The lowest BCUT2D eigenvalue weighted by atomic mass is 10.1. The highest BCUT2D eigenvalue weighted by Crippen LogP contribution is 2.38. The third-order valence-electron chi connectivity index (χ3n) is 3.85. The lowest BCUT2D eigenvalue weighted by Crippen LogP contribution is -2.17. The van der Waals surface area contributed by atoms with Gasteiger partial charge in [0.25, 0.3) is 0 Å². The number of alkyl halides is 3. The van der Waals surface area contributed by atoms with Crippen molar-refractivity contribution in [3.63, 3.8) is 0 Å². The molecule has 1 aromatic heterocycles. The van der Waals surface area contributed by atoms with Gasteiger partial charge in [-0.05, 0) is 17.7 Å². The van der Waals surface area contributed by atoms with Gasteiger partial charge in [-0.1, -0.05) is 53.5 Å². The van der Waals surface area contributed by atoms with Crippen LogP contribution in [-0.4, -0.2) is 15.7 Å². The number of hydrogen-bond acceptors (Lipinski definition) is 3. The quantitative estimate of drug-likeness (QED) is 0.604. The Hall–Kier alpha value is -3.02. The first-order valence-electron chi connectivity index (χ1n) is 8.09. The van der Waals surface area contributed by atoms with Gasteiger partial charge >= 0.3 is 6.18 Å². The van der Waals surface area contributed by atoms with Crippen molar-refractivity contribution in [1.82, 2.24) is 9.78 Å². The molecule has 0 unspecified atom stereocenters. The standard InChI is InChI=1S/C19H11Cl2F3N4O/c20-14-7-12(19(22,23)24)8-15(21)18(14)28-16(9-13(10-25)27-28)26-17(29)6-11-4-2-1-3-5-11/h1-5,7-9H,6H2,(H,26,29). The number of nitriles is 1. The lowest BCUT2D eigenvalue weighted by molar-refractivity contribution is -0.137. The minimum atomic E-state index is -4.64. The van der Waals surface area contributed by atoms with E-state index in [0.717, 1.165) is 10.2 Å². The fraction of sp³-hybridized carbons (Fsp3) is 0.105. The molecule has 2 aromatic carbocycles. The van der Waals surface area contributed by atoms with Crippen molar-refractivity contribution in [2.75, 3.05) is 5.32 Å². The van der Waals surface area contributed by atoms with Crippen LogP contribution < -0.4 is 5.32 Å². The lowest BCUT2D eigenvalue weighted by Gasteiger charge is -2.14. The Morgan fingerprint density at radius 1 is 1.14 bits per heavy atom. The Morgan fingerprint density at radius 3 is 2.31 bits per heavy atom. The molecule has 0 saturated heterocycles. The van der Waals surface area contributed by atoms with Gasteiger partial charge in [-0.3, -0.25) is 4.79 Å². The Balaban J connectivity index is 1.98. The second kappa shape index (κ2) is 8.15. The number of benzene rings is 2. The van der Waals surface area contributed by atoms with Crippen LogP contribution in [0, 0.1) is 11.3 Å². The average Bonchev–Trinajstić information content (AvgIpc) is 3.03. The summed E-state index contributed by atoms with van der Waals surface area (Å²) in [7, 11) is 0. The van der Waals surface area contributed by atoms with Crippen LogP contribution in [0.25, 0.3) is 5.69 Å². The Morgan fingerprint density at radius 2 is 1.76 bits per heavy atom. The van der Waals surface area contributed by atoms with Gasteiger partial charge in [0, 0.05) is 6.07 Å². The van der Waals surface area contributed by atoms with Crippen molar-refractivity contribution >= 4 is 34.9 Å². The second-order valence-electron chi connectivity index (χ2n) is 5.94. The van der Waals surface area contributed by atoms with E-state index in [9.17, 15) is 18.0 Å². The highest BCUT2D eigenvalue weighted by Gasteiger charge is 2.32. The summed E-state index contributed by atoms with van der Waals surface area (Å²) in [6.07, 6.45) is -4.59. The van der Waals surface area contributed by atoms with Crippen LogP contribution in [0.3, 0.4) is 0 Å². The van der Waals surface area contributed by atoms with Crippen molar-refractivity contribution in [2.45, 2.75) is 12.6 Å². The predicted octanol–water partition coefficient (Wildman–Crippen LogP) is 5.25. The Bertz CT molecular complexity index is 1080. The van der Waals surface area contributed by atoms with Gasteiger partial charge < -0.3 is 5.32 Å². The molecule has 0 spiro atoms. The number of nitrogens with one attached hydrogen (secondary N) is 1. The molecule has 0 saturated carbocycles. The van der Waals surface area contributed by atoms with Crippen molar-refractivity contribution in [1.29, 1.82) is 5.26 Å². The van der Waals surface area contributed by atoms with Crippen LogP contribution in [0.2, 0.25) is 10.0 Å². The van der Waals surface area contributed by atoms with E-state index >= 15 is 0 Å². The van der Waals surface area contributed by atoms with E-state index in [1.54, 1.807) is 30.3 Å². The maximum Gasteiger partial charge on any atom is 0.416 e. The van der Waals surface area contributed by atoms with Gasteiger partial charge in [-0.15, -0.1) is 0 Å². The van der Waals surface area contributed by atoms with Gasteiger partial charge in [0.1, 0.15) is 17.6 Å². The van der Waals surface area contributed by atoms with E-state index in [2.05, 4.69) is 10.4 Å². The van der Waals surface area contributed by atoms with Gasteiger partial charge in [0.2, 0.25) is 5.91 Å². The molecule has 0 aliphatic heterocycles. The zero-order valence-electron chi connectivity index (χ0n) is 14.5. The largest absolute Gasteiger partial charge is 0.416 e. The van der Waals surface area contributed by atoms with Crippen LogP contribution >= 0.6 is 23.2 Å². The van der Waals surface area contributed by atoms with Crippen molar-refractivity contribution in [3.8, 4) is 11.8 Å². The maximum absolute atomic E-state index is 13.0. The van der Waals surface area contributed by atoms with Crippen LogP contribution in [0.5, 0.6) is 0 Å². The molecule has 0 bridgehead atoms. The summed E-state index contributed by atoms with van der Waals surface area (Å²) in [6, 6.07) is 13.4. The average molecular weight is 439 g/mol. The summed E-state index contributed by atoms with van der Waals surface area (Å²) in [4.78, 5) is 12.4. The van der Waals surface area contributed by atoms with E-state index in [4.69, 9.17) is 28.5 Å². The minimum absolute atomic E-state index is 0.0440. The zero-order valence-corrected chi connectivity index (χ0v) is 16.0. The molecule has 0 atom stereocenters. The van der Waals surface area contributed by atoms with Gasteiger partial charge in [-0.2, -0.15) is 23.5 Å². The monoisotopic (exact) mass is 438 g/mol. The first-order valence-corrected chi connectivity index (χ1v) is 8.85. The Kier molecular flexibility index (Phi) is 5.82. The smallest absolute Gasteiger partial charge is 0.310 e. The molecule has 0 aliphatic carbocycles. The summed E-state index contributed by atoms with van der Waals surface area (Å²) in [5.74, 6) is -0.368. The highest BCUT2D eigenvalue weighted by molar-refractivity contribution is 6.38. The summed E-state index contributed by atoms with van der Waals surface area (Å²) in [5.41, 5.74) is -0.439. The van der Waals surface area contributed by atoms with Crippen LogP contribution in [0.1, 0.15) is 16.8 Å². The number of aromatic nitrogens is 2. The van der Waals surface area contributed by atoms with E-state index < -0.39 is 17.6 Å². The van der Waals surface area contributed by atoms with Crippen molar-refractivity contribution < 1.29 is 18.0 Å². The van der Waals surface area contributed by atoms with Gasteiger partial charge in [0.15, 0.2) is 5.69 Å².